The highest BCUT2D eigenvalue weighted by Gasteiger charge is 2.46. The second-order valence-corrected chi connectivity index (χ2v) is 5.26. The van der Waals surface area contributed by atoms with Crippen LogP contribution in [0.25, 0.3) is 0 Å². The summed E-state index contributed by atoms with van der Waals surface area (Å²) in [4.78, 5) is 41.7. The molecule has 1 aromatic rings. The number of aromatic amines is 1. The first-order valence-corrected chi connectivity index (χ1v) is 7.01. The molecule has 1 aliphatic heterocycles. The third-order valence-electron chi connectivity index (χ3n) is 2.61. The fourth-order valence-electron chi connectivity index (χ4n) is 1.71. The summed E-state index contributed by atoms with van der Waals surface area (Å²) in [6.07, 6.45) is -7.59. The highest BCUT2D eigenvalue weighted by atomic mass is 31.2. The summed E-state index contributed by atoms with van der Waals surface area (Å²) in [7, 11) is -5.30. The van der Waals surface area contributed by atoms with Gasteiger partial charge in [-0.1, -0.05) is 0 Å². The highest BCUT2D eigenvalue weighted by molar-refractivity contribution is 7.46. The van der Waals surface area contributed by atoms with Gasteiger partial charge in [-0.25, -0.2) is 13.8 Å². The van der Waals surface area contributed by atoms with Crippen LogP contribution in [0.1, 0.15) is 8.97 Å². The summed E-state index contributed by atoms with van der Waals surface area (Å²) in [5.41, 5.74) is -1.84. The van der Waals surface area contributed by atoms with Crippen LogP contribution in [-0.2, 0) is 13.8 Å². The van der Waals surface area contributed by atoms with Crippen LogP contribution < -0.4 is 11.2 Å². The van der Waals surface area contributed by atoms with E-state index in [1.165, 1.54) is 0 Å². The van der Waals surface area contributed by atoms with Crippen LogP contribution in [0.15, 0.2) is 21.9 Å². The first-order valence-electron chi connectivity index (χ1n) is 6.48. The highest BCUT2D eigenvalue weighted by Crippen LogP contribution is 2.38. The Hall–Kier alpha value is -1.36. The topological polar surface area (TPSA) is 151 Å². The monoisotopic (exact) mass is 328 g/mol. The van der Waals surface area contributed by atoms with Crippen LogP contribution in [0.4, 0.5) is 4.39 Å². The quantitative estimate of drug-likeness (QED) is 0.475. The summed E-state index contributed by atoms with van der Waals surface area (Å²) in [6.45, 7) is -3.25. The number of halogens is 1. The lowest BCUT2D eigenvalue weighted by Crippen LogP contribution is -2.35. The Bertz CT molecular complexity index is 748. The number of hydrogen-bond acceptors (Lipinski definition) is 6. The SMILES string of the molecule is [2H]C([2H])(OP(=O)(O)O)[C@H]1O[C@@H](n2ccc(=O)[nH]c2=O)C(F)[C@H]1O. The van der Waals surface area contributed by atoms with Gasteiger partial charge in [-0.3, -0.25) is 18.9 Å². The molecule has 1 unspecified atom stereocenters. The van der Waals surface area contributed by atoms with Crippen LogP contribution >= 0.6 is 7.82 Å². The Labute approximate surface area is 118 Å². The molecule has 1 fully saturated rings. The third kappa shape index (κ3) is 3.64. The van der Waals surface area contributed by atoms with Crippen molar-refractivity contribution in [1.29, 1.82) is 0 Å². The third-order valence-corrected chi connectivity index (χ3v) is 2.95. The van der Waals surface area contributed by atoms with E-state index < -0.39 is 50.2 Å². The number of ether oxygens (including phenoxy) is 1. The lowest BCUT2D eigenvalue weighted by Gasteiger charge is -2.15. The van der Waals surface area contributed by atoms with Crippen molar-refractivity contribution in [2.75, 3.05) is 6.56 Å². The molecule has 2 heterocycles. The Morgan fingerprint density at radius 2 is 2.24 bits per heavy atom. The van der Waals surface area contributed by atoms with Crippen molar-refractivity contribution < 1.29 is 35.9 Å². The zero-order valence-electron chi connectivity index (χ0n) is 12.1. The van der Waals surface area contributed by atoms with E-state index in [2.05, 4.69) is 4.52 Å². The fourth-order valence-corrected chi connectivity index (χ4v) is 1.95. The number of nitrogens with one attached hydrogen (secondary N) is 1. The number of rotatable bonds is 4. The van der Waals surface area contributed by atoms with E-state index in [4.69, 9.17) is 17.3 Å². The van der Waals surface area contributed by atoms with Gasteiger partial charge in [-0.15, -0.1) is 0 Å². The average molecular weight is 328 g/mol. The molecule has 0 aliphatic carbocycles. The van der Waals surface area contributed by atoms with Crippen molar-refractivity contribution in [2.24, 2.45) is 0 Å². The smallest absolute Gasteiger partial charge is 0.387 e. The Morgan fingerprint density at radius 1 is 1.57 bits per heavy atom. The Morgan fingerprint density at radius 3 is 2.81 bits per heavy atom. The molecule has 2 rings (SSSR count). The number of aliphatic hydroxyl groups excluding tert-OH is 1. The van der Waals surface area contributed by atoms with Gasteiger partial charge in [0.1, 0.15) is 12.2 Å². The van der Waals surface area contributed by atoms with E-state index in [-0.39, 0.29) is 0 Å². The minimum atomic E-state index is -5.30. The lowest BCUT2D eigenvalue weighted by atomic mass is 10.1. The first-order chi connectivity index (χ1) is 10.4. The van der Waals surface area contributed by atoms with Gasteiger partial charge in [-0.2, -0.15) is 0 Å². The van der Waals surface area contributed by atoms with Crippen molar-refractivity contribution >= 4 is 7.82 Å². The second-order valence-electron chi connectivity index (χ2n) is 4.10. The zero-order valence-corrected chi connectivity index (χ0v) is 11.0. The van der Waals surface area contributed by atoms with Crippen molar-refractivity contribution in [3.8, 4) is 0 Å². The molecule has 4 N–H and O–H groups in total. The number of H-pyrrole nitrogens is 1. The predicted octanol–water partition coefficient (Wildman–Crippen LogP) is -1.76. The normalized spacial score (nSPS) is 31.8. The molecule has 118 valence electrons. The summed E-state index contributed by atoms with van der Waals surface area (Å²) in [5, 5.41) is 9.71. The Balaban J connectivity index is 2.33. The van der Waals surface area contributed by atoms with Gasteiger partial charge in [0, 0.05) is 12.3 Å². The molecule has 0 spiro atoms. The molecule has 1 saturated heterocycles. The molecular formula is C9H12FN2O8P. The van der Waals surface area contributed by atoms with Crippen LogP contribution in [0.5, 0.6) is 0 Å². The van der Waals surface area contributed by atoms with Crippen molar-refractivity contribution in [3.63, 3.8) is 0 Å². The molecule has 21 heavy (non-hydrogen) atoms. The standard InChI is InChI=1S/C9H12FN2O8P/c10-6-7(14)4(3-19-21(16,17)18)20-8(6)12-2-1-5(13)11-9(12)15/h1-2,4,6-8,14H,3H2,(H,11,13,15)(H2,16,17,18)/t4-,6?,7+,8-/m1/s1/i3D2. The van der Waals surface area contributed by atoms with Gasteiger partial charge in [0.15, 0.2) is 12.4 Å². The molecule has 0 aromatic carbocycles. The zero-order chi connectivity index (χ0) is 17.6. The van der Waals surface area contributed by atoms with Crippen LogP contribution in [0.3, 0.4) is 0 Å². The number of hydrogen-bond donors (Lipinski definition) is 4. The van der Waals surface area contributed by atoms with E-state index in [1.54, 1.807) is 0 Å². The van der Waals surface area contributed by atoms with E-state index in [9.17, 15) is 23.7 Å². The largest absolute Gasteiger partial charge is 0.469 e. The molecule has 0 saturated carbocycles. The van der Waals surface area contributed by atoms with Gasteiger partial charge in [0.05, 0.1) is 9.30 Å². The summed E-state index contributed by atoms with van der Waals surface area (Å²) in [5.74, 6) is 0. The molecule has 1 aliphatic rings. The summed E-state index contributed by atoms with van der Waals surface area (Å²) >= 11 is 0. The molecule has 0 bridgehead atoms. The maximum atomic E-state index is 14.1. The Kier molecular flexibility index (Phi) is 3.67. The van der Waals surface area contributed by atoms with Crippen LogP contribution in [-0.4, -0.2) is 49.4 Å². The number of phosphoric acid groups is 1. The molecule has 0 amide bonds. The molecular weight excluding hydrogens is 314 g/mol. The van der Waals surface area contributed by atoms with E-state index >= 15 is 0 Å². The van der Waals surface area contributed by atoms with Gasteiger partial charge in [0.2, 0.25) is 0 Å². The van der Waals surface area contributed by atoms with Crippen LogP contribution in [0.2, 0.25) is 0 Å². The summed E-state index contributed by atoms with van der Waals surface area (Å²) in [6, 6.07) is 0.873. The van der Waals surface area contributed by atoms with E-state index in [1.807, 2.05) is 4.98 Å². The first kappa shape index (κ1) is 13.3. The van der Waals surface area contributed by atoms with Crippen molar-refractivity contribution in [2.45, 2.75) is 24.6 Å². The minimum absolute atomic E-state index is 0.558. The number of phosphoric ester groups is 1. The summed E-state index contributed by atoms with van der Waals surface area (Å²) < 4.78 is 48.9. The number of alkyl halides is 1. The number of aromatic nitrogens is 2. The maximum Gasteiger partial charge on any atom is 0.469 e. The van der Waals surface area contributed by atoms with Gasteiger partial charge in [0.25, 0.3) is 5.56 Å². The van der Waals surface area contributed by atoms with Gasteiger partial charge in [-0.05, 0) is 0 Å². The number of nitrogens with zero attached hydrogens (tertiary/aromatic N) is 1. The molecule has 0 radical (unpaired) electrons. The average Bonchev–Trinajstić information content (AvgIpc) is 2.65. The fraction of sp³-hybridized carbons (Fsp3) is 0.556. The van der Waals surface area contributed by atoms with Crippen molar-refractivity contribution in [3.05, 3.63) is 33.1 Å². The maximum absolute atomic E-state index is 14.1. The molecule has 1 aromatic heterocycles. The van der Waals surface area contributed by atoms with Crippen LogP contribution in [0, 0.1) is 0 Å². The van der Waals surface area contributed by atoms with E-state index in [0.717, 1.165) is 12.3 Å². The molecule has 10 nitrogen and oxygen atoms in total. The van der Waals surface area contributed by atoms with E-state index in [0.29, 0.717) is 4.57 Å². The minimum Gasteiger partial charge on any atom is -0.387 e. The lowest BCUT2D eigenvalue weighted by molar-refractivity contribution is -0.0483. The van der Waals surface area contributed by atoms with Crippen molar-refractivity contribution in [1.82, 2.24) is 9.55 Å². The van der Waals surface area contributed by atoms with Gasteiger partial charge < -0.3 is 19.6 Å². The molecule has 12 heteroatoms. The second kappa shape index (κ2) is 5.79. The predicted molar refractivity (Wildman–Crippen MR) is 64.1 cm³/mol. The van der Waals surface area contributed by atoms with Gasteiger partial charge >= 0.3 is 13.5 Å². The molecule has 4 atom stereocenters. The number of aliphatic hydroxyl groups is 1.